The summed E-state index contributed by atoms with van der Waals surface area (Å²) in [5, 5.41) is 0.450. The van der Waals surface area contributed by atoms with Crippen LogP contribution in [0, 0.1) is 0 Å². The third-order valence-corrected chi connectivity index (χ3v) is 6.00. The lowest BCUT2D eigenvalue weighted by Gasteiger charge is -2.13. The highest BCUT2D eigenvalue weighted by molar-refractivity contribution is 5.84. The summed E-state index contributed by atoms with van der Waals surface area (Å²) in [7, 11) is 0. The fourth-order valence-corrected chi connectivity index (χ4v) is 4.11. The highest BCUT2D eigenvalue weighted by Crippen LogP contribution is 2.42. The third kappa shape index (κ3) is 4.36. The predicted molar refractivity (Wildman–Crippen MR) is 136 cm³/mol. The molecule has 0 saturated carbocycles. The predicted octanol–water partition coefficient (Wildman–Crippen LogP) is 6.35. The van der Waals surface area contributed by atoms with Crippen LogP contribution in [0.15, 0.2) is 106 Å². The van der Waals surface area contributed by atoms with Gasteiger partial charge in [-0.3, -0.25) is 4.79 Å². The second kappa shape index (κ2) is 9.50. The Bertz CT molecular complexity index is 1570. The van der Waals surface area contributed by atoms with Gasteiger partial charge in [-0.25, -0.2) is 0 Å². The summed E-state index contributed by atoms with van der Waals surface area (Å²) in [4.78, 5) is 13.5. The molecule has 6 rings (SSSR count). The maximum Gasteiger partial charge on any atom is 0.231 e. The summed E-state index contributed by atoms with van der Waals surface area (Å²) in [6.07, 6.45) is 1.46. The number of rotatable bonds is 7. The summed E-state index contributed by atoms with van der Waals surface area (Å²) in [6, 6.07) is 28.5. The minimum Gasteiger partial charge on any atom is -0.489 e. The normalized spacial score (nSPS) is 12.0. The van der Waals surface area contributed by atoms with Crippen LogP contribution in [0.5, 0.6) is 23.0 Å². The topological polar surface area (TPSA) is 67.1 Å². The van der Waals surface area contributed by atoms with E-state index < -0.39 is 0 Å². The van der Waals surface area contributed by atoms with Crippen molar-refractivity contribution in [1.29, 1.82) is 0 Å². The average molecular weight is 479 g/mol. The minimum atomic E-state index is -0.172. The molecule has 0 spiro atoms. The van der Waals surface area contributed by atoms with Crippen LogP contribution in [0.1, 0.15) is 11.1 Å². The maximum atomic E-state index is 13.5. The molecule has 6 heteroatoms. The van der Waals surface area contributed by atoms with Crippen molar-refractivity contribution < 1.29 is 23.4 Å². The van der Waals surface area contributed by atoms with Crippen LogP contribution in [-0.4, -0.2) is 6.79 Å². The van der Waals surface area contributed by atoms with Crippen LogP contribution in [0.4, 0.5) is 0 Å². The number of benzene rings is 4. The summed E-state index contributed by atoms with van der Waals surface area (Å²) >= 11 is 0. The van der Waals surface area contributed by atoms with Gasteiger partial charge in [0.25, 0.3) is 0 Å². The van der Waals surface area contributed by atoms with E-state index in [9.17, 15) is 4.79 Å². The van der Waals surface area contributed by atoms with Crippen molar-refractivity contribution in [2.75, 3.05) is 6.79 Å². The van der Waals surface area contributed by atoms with Crippen LogP contribution in [0.2, 0.25) is 0 Å². The van der Waals surface area contributed by atoms with Gasteiger partial charge in [0.15, 0.2) is 11.5 Å². The Kier molecular flexibility index (Phi) is 5.75. The molecule has 0 atom stereocenters. The Morgan fingerprint density at radius 1 is 0.694 bits per heavy atom. The molecule has 0 radical (unpaired) electrons. The van der Waals surface area contributed by atoms with E-state index in [2.05, 4.69) is 0 Å². The Labute approximate surface area is 207 Å². The molecule has 1 aromatic heterocycles. The first-order valence-electron chi connectivity index (χ1n) is 11.6. The highest BCUT2D eigenvalue weighted by Gasteiger charge is 2.22. The Morgan fingerprint density at radius 2 is 1.36 bits per heavy atom. The average Bonchev–Trinajstić information content (AvgIpc) is 3.39. The first-order chi connectivity index (χ1) is 17.7. The van der Waals surface area contributed by atoms with Gasteiger partial charge < -0.3 is 23.4 Å². The molecule has 0 aliphatic carbocycles. The Balaban J connectivity index is 1.33. The summed E-state index contributed by atoms with van der Waals surface area (Å²) in [6.45, 7) is 0.886. The van der Waals surface area contributed by atoms with E-state index in [1.807, 2.05) is 60.7 Å². The van der Waals surface area contributed by atoms with E-state index in [0.29, 0.717) is 58.3 Å². The fourth-order valence-electron chi connectivity index (χ4n) is 4.11. The van der Waals surface area contributed by atoms with Crippen molar-refractivity contribution in [3.63, 3.8) is 0 Å². The van der Waals surface area contributed by atoms with Crippen molar-refractivity contribution >= 4 is 11.0 Å². The molecule has 0 fully saturated rings. The quantitative estimate of drug-likeness (QED) is 0.272. The van der Waals surface area contributed by atoms with Crippen molar-refractivity contribution in [3.8, 4) is 34.1 Å². The summed E-state index contributed by atoms with van der Waals surface area (Å²) in [5.74, 6) is 2.27. The molecule has 0 bridgehead atoms. The molecular weight excluding hydrogens is 456 g/mol. The summed E-state index contributed by atoms with van der Waals surface area (Å²) < 4.78 is 29.0. The van der Waals surface area contributed by atoms with E-state index in [0.717, 1.165) is 11.1 Å². The highest BCUT2D eigenvalue weighted by atomic mass is 16.7. The van der Waals surface area contributed by atoms with Gasteiger partial charge in [0.1, 0.15) is 36.6 Å². The molecule has 0 N–H and O–H groups in total. The van der Waals surface area contributed by atoms with Crippen LogP contribution < -0.4 is 24.4 Å². The van der Waals surface area contributed by atoms with Gasteiger partial charge in [0, 0.05) is 17.7 Å². The van der Waals surface area contributed by atoms with Crippen molar-refractivity contribution in [2.24, 2.45) is 0 Å². The standard InChI is InChI=1S/C30H22O6/c31-30-23-12-11-22(32-16-20-7-3-1-4-8-20)13-26(23)34-18-25(30)24-14-28-29(36-19-35-28)15-27(24)33-17-21-9-5-2-6-10-21/h1-15,18H,16-17,19H2. The zero-order valence-electron chi connectivity index (χ0n) is 19.3. The van der Waals surface area contributed by atoms with Crippen LogP contribution in [0.25, 0.3) is 22.1 Å². The van der Waals surface area contributed by atoms with Crippen molar-refractivity contribution in [2.45, 2.75) is 13.2 Å². The van der Waals surface area contributed by atoms with Gasteiger partial charge >= 0.3 is 0 Å². The van der Waals surface area contributed by atoms with E-state index in [1.165, 1.54) is 6.26 Å². The van der Waals surface area contributed by atoms with Gasteiger partial charge in [-0.1, -0.05) is 60.7 Å². The lowest BCUT2D eigenvalue weighted by Crippen LogP contribution is -2.07. The number of hydrogen-bond acceptors (Lipinski definition) is 6. The molecule has 0 unspecified atom stereocenters. The Morgan fingerprint density at radius 3 is 2.08 bits per heavy atom. The second-order valence-corrected chi connectivity index (χ2v) is 8.39. The lowest BCUT2D eigenvalue weighted by molar-refractivity contribution is 0.173. The fraction of sp³-hybridized carbons (Fsp3) is 0.100. The molecule has 4 aromatic carbocycles. The van der Waals surface area contributed by atoms with E-state index in [-0.39, 0.29) is 12.2 Å². The largest absolute Gasteiger partial charge is 0.489 e. The van der Waals surface area contributed by atoms with E-state index >= 15 is 0 Å². The SMILES string of the molecule is O=c1c(-c2cc3c(cc2OCc2ccccc2)OCO3)coc2cc(OCc3ccccc3)ccc12. The number of hydrogen-bond donors (Lipinski definition) is 0. The minimum absolute atomic E-state index is 0.120. The second-order valence-electron chi connectivity index (χ2n) is 8.39. The molecule has 1 aliphatic rings. The Hall–Kier alpha value is -4.71. The molecule has 0 saturated heterocycles. The first-order valence-corrected chi connectivity index (χ1v) is 11.6. The molecule has 178 valence electrons. The number of fused-ring (bicyclic) bond motifs is 2. The molecule has 36 heavy (non-hydrogen) atoms. The van der Waals surface area contributed by atoms with Gasteiger partial charge in [-0.15, -0.1) is 0 Å². The number of ether oxygens (including phenoxy) is 4. The zero-order valence-corrected chi connectivity index (χ0v) is 19.3. The van der Waals surface area contributed by atoms with E-state index in [1.54, 1.807) is 30.3 Å². The van der Waals surface area contributed by atoms with Gasteiger partial charge in [-0.05, 0) is 29.3 Å². The van der Waals surface area contributed by atoms with Crippen LogP contribution in [-0.2, 0) is 13.2 Å². The zero-order chi connectivity index (χ0) is 24.3. The molecule has 2 heterocycles. The van der Waals surface area contributed by atoms with E-state index in [4.69, 9.17) is 23.4 Å². The molecule has 6 nitrogen and oxygen atoms in total. The maximum absolute atomic E-state index is 13.5. The molecule has 1 aliphatic heterocycles. The molecular formula is C30H22O6. The molecule has 5 aromatic rings. The van der Waals surface area contributed by atoms with Gasteiger partial charge in [0.05, 0.1) is 10.9 Å². The van der Waals surface area contributed by atoms with Gasteiger partial charge in [0.2, 0.25) is 12.2 Å². The third-order valence-electron chi connectivity index (χ3n) is 6.00. The summed E-state index contributed by atoms with van der Waals surface area (Å²) in [5.41, 5.74) is 3.29. The first kappa shape index (κ1) is 21.8. The smallest absolute Gasteiger partial charge is 0.231 e. The van der Waals surface area contributed by atoms with Crippen molar-refractivity contribution in [3.05, 3.63) is 119 Å². The van der Waals surface area contributed by atoms with Crippen LogP contribution >= 0.6 is 0 Å². The van der Waals surface area contributed by atoms with Crippen LogP contribution in [0.3, 0.4) is 0 Å². The van der Waals surface area contributed by atoms with Gasteiger partial charge in [-0.2, -0.15) is 0 Å². The monoisotopic (exact) mass is 478 g/mol. The van der Waals surface area contributed by atoms with Crippen molar-refractivity contribution in [1.82, 2.24) is 0 Å². The lowest BCUT2D eigenvalue weighted by atomic mass is 10.0. The molecule has 0 amide bonds.